The van der Waals surface area contributed by atoms with Crippen LogP contribution in [-0.4, -0.2) is 13.4 Å². The van der Waals surface area contributed by atoms with Gasteiger partial charge < -0.3 is 0 Å². The van der Waals surface area contributed by atoms with Crippen LogP contribution in [0.5, 0.6) is 0 Å². The van der Waals surface area contributed by atoms with Crippen LogP contribution in [-0.2, 0) is 16.6 Å². The number of hydrogen-bond donors (Lipinski definition) is 1. The van der Waals surface area contributed by atoms with Crippen LogP contribution in [0, 0.1) is 6.92 Å². The molecule has 2 aromatic carbocycles. The first kappa shape index (κ1) is 18.4. The Morgan fingerprint density at radius 1 is 1.08 bits per heavy atom. The van der Waals surface area contributed by atoms with Gasteiger partial charge in [-0.1, -0.05) is 41.4 Å². The van der Waals surface area contributed by atoms with Gasteiger partial charge in [0.1, 0.15) is 5.01 Å². The summed E-state index contributed by atoms with van der Waals surface area (Å²) in [6.07, 6.45) is 0. The molecule has 0 aliphatic rings. The quantitative estimate of drug-likeness (QED) is 0.647. The third-order valence-electron chi connectivity index (χ3n) is 3.54. The number of benzene rings is 2. The van der Waals surface area contributed by atoms with E-state index in [1.54, 1.807) is 18.2 Å². The topological polar surface area (TPSA) is 59.1 Å². The number of rotatable bonds is 5. The Hall–Kier alpha value is -1.44. The highest BCUT2D eigenvalue weighted by atomic mass is 35.5. The van der Waals surface area contributed by atoms with E-state index in [0.29, 0.717) is 10.0 Å². The molecule has 0 bridgehead atoms. The van der Waals surface area contributed by atoms with Gasteiger partial charge in [0.25, 0.3) is 0 Å². The molecule has 8 heteroatoms. The minimum atomic E-state index is -3.61. The highest BCUT2D eigenvalue weighted by Gasteiger charge is 2.17. The van der Waals surface area contributed by atoms with E-state index in [0.717, 1.165) is 21.1 Å². The van der Waals surface area contributed by atoms with Crippen molar-refractivity contribution >= 4 is 44.6 Å². The van der Waals surface area contributed by atoms with Crippen LogP contribution >= 0.6 is 34.5 Å². The summed E-state index contributed by atoms with van der Waals surface area (Å²) in [6.45, 7) is 2.02. The SMILES string of the molecule is Cc1nc(-c2ccccc2Cl)sc1CNS(=O)(=O)c1ccc(Cl)cc1. The van der Waals surface area contributed by atoms with E-state index in [-0.39, 0.29) is 11.4 Å². The average Bonchev–Trinajstić information content (AvgIpc) is 2.95. The molecule has 3 aromatic rings. The smallest absolute Gasteiger partial charge is 0.240 e. The lowest BCUT2D eigenvalue weighted by molar-refractivity contribution is 0.581. The summed E-state index contributed by atoms with van der Waals surface area (Å²) in [6, 6.07) is 13.5. The number of aromatic nitrogens is 1. The first-order valence-corrected chi connectivity index (χ1v) is 10.4. The molecule has 0 saturated carbocycles. The van der Waals surface area contributed by atoms with E-state index in [1.165, 1.54) is 23.5 Å². The molecule has 0 spiro atoms. The number of halogens is 2. The van der Waals surface area contributed by atoms with Gasteiger partial charge in [0.2, 0.25) is 10.0 Å². The van der Waals surface area contributed by atoms with Crippen LogP contribution < -0.4 is 4.72 Å². The van der Waals surface area contributed by atoms with Crippen molar-refractivity contribution in [2.45, 2.75) is 18.4 Å². The summed E-state index contributed by atoms with van der Waals surface area (Å²) in [5.74, 6) is 0. The van der Waals surface area contributed by atoms with Crippen molar-refractivity contribution in [3.05, 3.63) is 69.1 Å². The Morgan fingerprint density at radius 3 is 2.44 bits per heavy atom. The van der Waals surface area contributed by atoms with Crippen molar-refractivity contribution in [1.82, 2.24) is 9.71 Å². The van der Waals surface area contributed by atoms with Crippen molar-refractivity contribution in [2.75, 3.05) is 0 Å². The molecule has 3 rings (SSSR count). The number of sulfonamides is 1. The molecule has 1 aromatic heterocycles. The summed E-state index contributed by atoms with van der Waals surface area (Å²) in [7, 11) is -3.61. The van der Waals surface area contributed by atoms with E-state index in [4.69, 9.17) is 23.2 Å². The monoisotopic (exact) mass is 412 g/mol. The lowest BCUT2D eigenvalue weighted by Crippen LogP contribution is -2.23. The maximum Gasteiger partial charge on any atom is 0.240 e. The van der Waals surface area contributed by atoms with Gasteiger partial charge in [-0.25, -0.2) is 18.1 Å². The third-order valence-corrected chi connectivity index (χ3v) is 6.73. The summed E-state index contributed by atoms with van der Waals surface area (Å²) in [5, 5.41) is 1.87. The highest BCUT2D eigenvalue weighted by molar-refractivity contribution is 7.89. The zero-order valence-electron chi connectivity index (χ0n) is 13.2. The molecule has 4 nitrogen and oxygen atoms in total. The second-order valence-corrected chi connectivity index (χ2v) is 8.98. The minimum absolute atomic E-state index is 0.166. The van der Waals surface area contributed by atoms with Gasteiger partial charge in [-0.2, -0.15) is 0 Å². The van der Waals surface area contributed by atoms with Gasteiger partial charge >= 0.3 is 0 Å². The van der Waals surface area contributed by atoms with E-state index in [9.17, 15) is 8.42 Å². The van der Waals surface area contributed by atoms with Crippen LogP contribution in [0.15, 0.2) is 53.4 Å². The van der Waals surface area contributed by atoms with E-state index >= 15 is 0 Å². The van der Waals surface area contributed by atoms with Crippen molar-refractivity contribution in [1.29, 1.82) is 0 Å². The molecule has 0 aliphatic carbocycles. The van der Waals surface area contributed by atoms with Gasteiger partial charge in [0, 0.05) is 22.0 Å². The van der Waals surface area contributed by atoms with Crippen LogP contribution in [0.4, 0.5) is 0 Å². The maximum atomic E-state index is 12.4. The summed E-state index contributed by atoms with van der Waals surface area (Å²) < 4.78 is 27.3. The molecule has 0 unspecified atom stereocenters. The Bertz CT molecular complexity index is 1000. The predicted octanol–water partition coefficient (Wildman–Crippen LogP) is 4.90. The van der Waals surface area contributed by atoms with E-state index in [1.807, 2.05) is 25.1 Å². The van der Waals surface area contributed by atoms with Crippen molar-refractivity contribution in [3.63, 3.8) is 0 Å². The van der Waals surface area contributed by atoms with Gasteiger partial charge in [-0.3, -0.25) is 0 Å². The zero-order chi connectivity index (χ0) is 18.0. The summed E-state index contributed by atoms with van der Waals surface area (Å²) >= 11 is 13.4. The van der Waals surface area contributed by atoms with E-state index < -0.39 is 10.0 Å². The van der Waals surface area contributed by atoms with Crippen LogP contribution in [0.1, 0.15) is 10.6 Å². The molecule has 0 saturated heterocycles. The summed E-state index contributed by atoms with van der Waals surface area (Å²) in [5.41, 5.74) is 1.61. The molecule has 25 heavy (non-hydrogen) atoms. The van der Waals surface area contributed by atoms with Gasteiger partial charge in [0.05, 0.1) is 15.6 Å². The van der Waals surface area contributed by atoms with Crippen LogP contribution in [0.25, 0.3) is 10.6 Å². The van der Waals surface area contributed by atoms with Gasteiger partial charge in [-0.05, 0) is 37.3 Å². The Morgan fingerprint density at radius 2 is 1.76 bits per heavy atom. The lowest BCUT2D eigenvalue weighted by Gasteiger charge is -2.06. The molecular formula is C17H14Cl2N2O2S2. The second-order valence-electron chi connectivity index (χ2n) is 5.29. The van der Waals surface area contributed by atoms with Crippen LogP contribution in [0.2, 0.25) is 10.0 Å². The maximum absolute atomic E-state index is 12.4. The molecule has 1 N–H and O–H groups in total. The predicted molar refractivity (Wildman–Crippen MR) is 103 cm³/mol. The van der Waals surface area contributed by atoms with Crippen LogP contribution in [0.3, 0.4) is 0 Å². The number of nitrogens with one attached hydrogen (secondary N) is 1. The largest absolute Gasteiger partial charge is 0.241 e. The molecule has 130 valence electrons. The van der Waals surface area contributed by atoms with E-state index in [2.05, 4.69) is 9.71 Å². The fraction of sp³-hybridized carbons (Fsp3) is 0.118. The Labute approximate surface area is 160 Å². The van der Waals surface area contributed by atoms with Crippen molar-refractivity contribution in [3.8, 4) is 10.6 Å². The molecule has 0 amide bonds. The third kappa shape index (κ3) is 4.22. The Kier molecular flexibility index (Phi) is 5.46. The first-order valence-electron chi connectivity index (χ1n) is 7.33. The molecule has 0 atom stereocenters. The molecule has 0 fully saturated rings. The van der Waals surface area contributed by atoms with Crippen molar-refractivity contribution < 1.29 is 8.42 Å². The molecular weight excluding hydrogens is 399 g/mol. The Balaban J connectivity index is 1.80. The lowest BCUT2D eigenvalue weighted by atomic mass is 10.2. The molecule has 1 heterocycles. The fourth-order valence-corrected chi connectivity index (χ4v) is 4.74. The van der Waals surface area contributed by atoms with Crippen molar-refractivity contribution in [2.24, 2.45) is 0 Å². The highest BCUT2D eigenvalue weighted by Crippen LogP contribution is 2.32. The molecule has 0 aliphatic heterocycles. The first-order chi connectivity index (χ1) is 11.9. The minimum Gasteiger partial charge on any atom is -0.241 e. The van der Waals surface area contributed by atoms with Gasteiger partial charge in [-0.15, -0.1) is 11.3 Å². The zero-order valence-corrected chi connectivity index (χ0v) is 16.3. The summed E-state index contributed by atoms with van der Waals surface area (Å²) in [4.78, 5) is 5.52. The number of aryl methyl sites for hydroxylation is 1. The van der Waals surface area contributed by atoms with Gasteiger partial charge in [0.15, 0.2) is 0 Å². The normalized spacial score (nSPS) is 11.6. The molecule has 0 radical (unpaired) electrons. The standard InChI is InChI=1S/C17H14Cl2N2O2S2/c1-11-16(24-17(21-11)14-4-2-3-5-15(14)19)10-20-25(22,23)13-8-6-12(18)7-9-13/h2-9,20H,10H2,1H3. The number of nitrogens with zero attached hydrogens (tertiary/aromatic N) is 1. The average molecular weight is 413 g/mol. The number of thiazole rings is 1. The number of hydrogen-bond acceptors (Lipinski definition) is 4. The fourth-order valence-electron chi connectivity index (χ4n) is 2.20. The second kappa shape index (κ2) is 7.43.